The van der Waals surface area contributed by atoms with E-state index in [9.17, 15) is 13.2 Å². The van der Waals surface area contributed by atoms with E-state index in [0.717, 1.165) is 18.4 Å². The first-order valence-electron chi connectivity index (χ1n) is 8.82. The minimum Gasteiger partial charge on any atom is -0.248 e. The number of nitrogens with zero attached hydrogens (tertiary/aromatic N) is 2. The van der Waals surface area contributed by atoms with E-state index in [1.54, 1.807) is 19.9 Å². The van der Waals surface area contributed by atoms with E-state index < -0.39 is 17.3 Å². The second kappa shape index (κ2) is 6.58. The number of benzene rings is 1. The molecule has 0 radical (unpaired) electrons. The Labute approximate surface area is 147 Å². The van der Waals surface area contributed by atoms with Crippen LogP contribution in [0.15, 0.2) is 18.2 Å². The third kappa shape index (κ3) is 3.96. The highest BCUT2D eigenvalue weighted by atomic mass is 19.4. The molecule has 0 saturated carbocycles. The van der Waals surface area contributed by atoms with Crippen LogP contribution in [0.1, 0.15) is 77.8 Å². The molecule has 0 atom stereocenters. The molecular weight excluding hydrogens is 325 g/mol. The van der Waals surface area contributed by atoms with Gasteiger partial charge in [0.2, 0.25) is 0 Å². The molecule has 5 heteroatoms. The minimum absolute atomic E-state index is 0.0424. The van der Waals surface area contributed by atoms with Crippen molar-refractivity contribution >= 4 is 11.0 Å². The van der Waals surface area contributed by atoms with Crippen molar-refractivity contribution in [2.45, 2.75) is 77.8 Å². The van der Waals surface area contributed by atoms with E-state index in [0.29, 0.717) is 17.5 Å². The van der Waals surface area contributed by atoms with E-state index >= 15 is 0 Å². The largest absolute Gasteiger partial charge is 0.435 e. The molecule has 0 aliphatic rings. The highest BCUT2D eigenvalue weighted by molar-refractivity contribution is 5.76. The van der Waals surface area contributed by atoms with Crippen LogP contribution in [0.2, 0.25) is 0 Å². The lowest BCUT2D eigenvalue weighted by Gasteiger charge is -2.27. The first kappa shape index (κ1) is 19.7. The molecule has 0 fully saturated rings. The maximum Gasteiger partial charge on any atom is 0.435 e. The van der Waals surface area contributed by atoms with Crippen molar-refractivity contribution in [3.05, 3.63) is 35.2 Å². The number of hydrogen-bond donors (Lipinski definition) is 0. The summed E-state index contributed by atoms with van der Waals surface area (Å²) in [5.74, 6) is 0. The van der Waals surface area contributed by atoms with Crippen molar-refractivity contribution < 1.29 is 13.2 Å². The van der Waals surface area contributed by atoms with Crippen molar-refractivity contribution in [1.29, 1.82) is 0 Å². The third-order valence-corrected chi connectivity index (χ3v) is 5.11. The van der Waals surface area contributed by atoms with Gasteiger partial charge in [-0.3, -0.25) is 0 Å². The Kier molecular flexibility index (Phi) is 5.18. The highest BCUT2D eigenvalue weighted by Crippen LogP contribution is 2.39. The Morgan fingerprint density at radius 3 is 1.96 bits per heavy atom. The van der Waals surface area contributed by atoms with Gasteiger partial charge >= 0.3 is 6.18 Å². The van der Waals surface area contributed by atoms with Crippen LogP contribution < -0.4 is 0 Å². The molecule has 0 aliphatic heterocycles. The Balaban J connectivity index is 2.75. The molecule has 0 bridgehead atoms. The predicted molar refractivity (Wildman–Crippen MR) is 95.8 cm³/mol. The molecule has 0 N–H and O–H groups in total. The monoisotopic (exact) mass is 352 g/mol. The molecule has 0 aliphatic carbocycles. The zero-order chi connectivity index (χ0) is 19.0. The quantitative estimate of drug-likeness (QED) is 0.621. The van der Waals surface area contributed by atoms with Gasteiger partial charge in [0.1, 0.15) is 0 Å². The summed E-state index contributed by atoms with van der Waals surface area (Å²) >= 11 is 0. The van der Waals surface area contributed by atoms with Gasteiger partial charge in [0.25, 0.3) is 0 Å². The summed E-state index contributed by atoms with van der Waals surface area (Å²) in [6.45, 7) is 11.9. The molecule has 0 saturated heterocycles. The summed E-state index contributed by atoms with van der Waals surface area (Å²) in [6.07, 6.45) is -2.17. The van der Waals surface area contributed by atoms with Crippen LogP contribution in [0, 0.1) is 0 Å². The fourth-order valence-electron chi connectivity index (χ4n) is 3.09. The molecule has 1 aromatic carbocycles. The number of rotatable bonds is 5. The molecule has 2 rings (SSSR count). The number of halogens is 3. The average molecular weight is 352 g/mol. The van der Waals surface area contributed by atoms with E-state index in [4.69, 9.17) is 0 Å². The molecule has 1 heterocycles. The summed E-state index contributed by atoms with van der Waals surface area (Å²) in [5, 5.41) is 0. The average Bonchev–Trinajstić information content (AvgIpc) is 2.52. The minimum atomic E-state index is -4.51. The third-order valence-electron chi connectivity index (χ3n) is 5.11. The van der Waals surface area contributed by atoms with Crippen LogP contribution in [-0.4, -0.2) is 9.97 Å². The Bertz CT molecular complexity index is 761. The Hall–Kier alpha value is -1.65. The van der Waals surface area contributed by atoms with Crippen LogP contribution in [0.4, 0.5) is 13.2 Å². The predicted octanol–water partition coefficient (Wildman–Crippen LogP) is 6.41. The maximum absolute atomic E-state index is 13.6. The maximum atomic E-state index is 13.6. The first-order valence-corrected chi connectivity index (χ1v) is 8.82. The molecular formula is C20H27F3N2. The van der Waals surface area contributed by atoms with E-state index in [1.807, 2.05) is 19.1 Å². The second-order valence-electron chi connectivity index (χ2n) is 7.99. The number of fused-ring (bicyclic) bond motifs is 1. The fraction of sp³-hybridized carbons (Fsp3) is 0.600. The molecule has 2 nitrogen and oxygen atoms in total. The topological polar surface area (TPSA) is 25.8 Å². The fourth-order valence-corrected chi connectivity index (χ4v) is 3.09. The van der Waals surface area contributed by atoms with E-state index in [1.165, 1.54) is 0 Å². The molecule has 2 aromatic rings. The molecule has 138 valence electrons. The van der Waals surface area contributed by atoms with Crippen molar-refractivity contribution in [3.63, 3.8) is 0 Å². The van der Waals surface area contributed by atoms with Crippen LogP contribution in [0.5, 0.6) is 0 Å². The lowest BCUT2D eigenvalue weighted by Crippen LogP contribution is -2.26. The van der Waals surface area contributed by atoms with Gasteiger partial charge in [-0.2, -0.15) is 13.2 Å². The standard InChI is InChI=1S/C20H27F3N2/c1-7-11-19(5,6)16-17(20(21,22)23)24-14-10-9-13(12-15(14)25-16)18(3,4)8-2/h9-10,12H,7-8,11H2,1-6H3. The SMILES string of the molecule is CCCC(C)(C)c1nc2cc(C(C)(C)CC)ccc2nc1C(F)(F)F. The summed E-state index contributed by atoms with van der Waals surface area (Å²) < 4.78 is 40.7. The first-order chi connectivity index (χ1) is 11.4. The number of alkyl halides is 3. The van der Waals surface area contributed by atoms with Gasteiger partial charge in [0.05, 0.1) is 16.7 Å². The molecule has 1 aromatic heterocycles. The summed E-state index contributed by atoms with van der Waals surface area (Å²) in [6, 6.07) is 5.40. The van der Waals surface area contributed by atoms with E-state index in [2.05, 4.69) is 30.7 Å². The van der Waals surface area contributed by atoms with Gasteiger partial charge in [-0.05, 0) is 36.0 Å². The highest BCUT2D eigenvalue weighted by Gasteiger charge is 2.41. The van der Waals surface area contributed by atoms with Crippen molar-refractivity contribution in [2.24, 2.45) is 0 Å². The smallest absolute Gasteiger partial charge is 0.248 e. The molecule has 0 unspecified atom stereocenters. The molecule has 0 spiro atoms. The zero-order valence-corrected chi connectivity index (χ0v) is 15.9. The Morgan fingerprint density at radius 2 is 1.44 bits per heavy atom. The lowest BCUT2D eigenvalue weighted by molar-refractivity contribution is -0.142. The molecule has 0 amide bonds. The van der Waals surface area contributed by atoms with Crippen LogP contribution in [-0.2, 0) is 17.0 Å². The molecule has 25 heavy (non-hydrogen) atoms. The number of aromatic nitrogens is 2. The Morgan fingerprint density at radius 1 is 0.840 bits per heavy atom. The lowest BCUT2D eigenvalue weighted by atomic mass is 9.81. The van der Waals surface area contributed by atoms with Crippen LogP contribution in [0.25, 0.3) is 11.0 Å². The van der Waals surface area contributed by atoms with Gasteiger partial charge in [-0.1, -0.05) is 54.0 Å². The summed E-state index contributed by atoms with van der Waals surface area (Å²) in [7, 11) is 0. The van der Waals surface area contributed by atoms with Gasteiger partial charge in [0, 0.05) is 5.41 Å². The van der Waals surface area contributed by atoms with Crippen LogP contribution >= 0.6 is 0 Å². The second-order valence-corrected chi connectivity index (χ2v) is 7.99. The summed E-state index contributed by atoms with van der Waals surface area (Å²) in [5.41, 5.74) is 0.331. The normalized spacial score (nSPS) is 13.5. The number of hydrogen-bond acceptors (Lipinski definition) is 2. The van der Waals surface area contributed by atoms with Gasteiger partial charge in [-0.15, -0.1) is 0 Å². The van der Waals surface area contributed by atoms with Crippen molar-refractivity contribution in [3.8, 4) is 0 Å². The van der Waals surface area contributed by atoms with Crippen molar-refractivity contribution in [1.82, 2.24) is 9.97 Å². The van der Waals surface area contributed by atoms with Crippen LogP contribution in [0.3, 0.4) is 0 Å². The van der Waals surface area contributed by atoms with Gasteiger partial charge < -0.3 is 0 Å². The zero-order valence-electron chi connectivity index (χ0n) is 15.9. The van der Waals surface area contributed by atoms with Gasteiger partial charge in [0.15, 0.2) is 5.69 Å². The summed E-state index contributed by atoms with van der Waals surface area (Å²) in [4.78, 5) is 8.41. The van der Waals surface area contributed by atoms with E-state index in [-0.39, 0.29) is 11.1 Å². The van der Waals surface area contributed by atoms with Gasteiger partial charge in [-0.25, -0.2) is 9.97 Å². The van der Waals surface area contributed by atoms with Crippen molar-refractivity contribution in [2.75, 3.05) is 0 Å².